The highest BCUT2D eigenvalue weighted by atomic mass is 32.2. The number of aromatic nitrogens is 2. The number of nitrogens with zero attached hydrogens (tertiary/aromatic N) is 4. The first-order chi connectivity index (χ1) is 12.4. The summed E-state index contributed by atoms with van der Waals surface area (Å²) in [7, 11) is -3.14. The Kier molecular flexibility index (Phi) is 5.40. The van der Waals surface area contributed by atoms with Crippen LogP contribution in [-0.2, 0) is 26.0 Å². The van der Waals surface area contributed by atoms with E-state index in [9.17, 15) is 18.0 Å². The van der Waals surface area contributed by atoms with Crippen LogP contribution in [0.15, 0.2) is 17.4 Å². The summed E-state index contributed by atoms with van der Waals surface area (Å²) in [6.07, 6.45) is 4.33. The Morgan fingerprint density at radius 2 is 2.19 bits per heavy atom. The number of amides is 2. The van der Waals surface area contributed by atoms with E-state index in [1.807, 2.05) is 0 Å². The molecule has 0 saturated carbocycles. The maximum atomic E-state index is 12.5. The van der Waals surface area contributed by atoms with Gasteiger partial charge in [0.1, 0.15) is 11.5 Å². The molecule has 1 N–H and O–H groups in total. The van der Waals surface area contributed by atoms with Crippen molar-refractivity contribution < 1.29 is 18.0 Å². The minimum absolute atomic E-state index is 0.0507. The molecule has 1 fully saturated rings. The van der Waals surface area contributed by atoms with E-state index in [-0.39, 0.29) is 41.9 Å². The average molecular weight is 381 g/mol. The van der Waals surface area contributed by atoms with Crippen LogP contribution in [0.5, 0.6) is 0 Å². The minimum atomic E-state index is -3.14. The molecule has 0 spiro atoms. The number of unbranched alkanes of at least 4 members (excludes halogenated alkanes) is 1. The number of carbonyl (C=O) groups is 2. The van der Waals surface area contributed by atoms with Crippen molar-refractivity contribution in [1.82, 2.24) is 14.8 Å². The minimum Gasteiger partial charge on any atom is -0.306 e. The second-order valence-corrected chi connectivity index (χ2v) is 8.82. The fourth-order valence-corrected chi connectivity index (χ4v) is 4.79. The van der Waals surface area contributed by atoms with E-state index in [0.29, 0.717) is 18.8 Å². The smallest absolute Gasteiger partial charge is 0.273 e. The Bertz CT molecular complexity index is 829. The molecule has 1 saturated heterocycles. The van der Waals surface area contributed by atoms with Gasteiger partial charge in [0, 0.05) is 25.5 Å². The first kappa shape index (κ1) is 18.6. The van der Waals surface area contributed by atoms with Gasteiger partial charge in [0.25, 0.3) is 5.91 Å². The highest BCUT2D eigenvalue weighted by Crippen LogP contribution is 2.22. The molecule has 2 amide bonds. The van der Waals surface area contributed by atoms with E-state index in [1.54, 1.807) is 16.9 Å². The van der Waals surface area contributed by atoms with Crippen molar-refractivity contribution in [2.45, 2.75) is 51.6 Å². The number of hydrazone groups is 1. The molecular weight excluding hydrogens is 358 g/mol. The SMILES string of the molecule is CCCCn1nccc1NC(=O)C1=NN(C2CCS(=O)(=O)C2)C(=O)CC1. The molecule has 2 aliphatic heterocycles. The van der Waals surface area contributed by atoms with Gasteiger partial charge < -0.3 is 5.32 Å². The Hall–Kier alpha value is -2.23. The molecule has 10 heteroatoms. The van der Waals surface area contributed by atoms with Crippen LogP contribution in [0.4, 0.5) is 5.82 Å². The van der Waals surface area contributed by atoms with Crippen molar-refractivity contribution in [3.8, 4) is 0 Å². The Morgan fingerprint density at radius 3 is 2.88 bits per heavy atom. The molecule has 0 aliphatic carbocycles. The number of hydrogen-bond acceptors (Lipinski definition) is 6. The van der Waals surface area contributed by atoms with Gasteiger partial charge in [0.05, 0.1) is 23.7 Å². The average Bonchev–Trinajstić information content (AvgIpc) is 3.19. The molecule has 1 atom stereocenters. The fourth-order valence-electron chi connectivity index (χ4n) is 3.10. The van der Waals surface area contributed by atoms with Crippen LogP contribution >= 0.6 is 0 Å². The van der Waals surface area contributed by atoms with E-state index >= 15 is 0 Å². The van der Waals surface area contributed by atoms with Crippen molar-refractivity contribution in [1.29, 1.82) is 0 Å². The summed E-state index contributed by atoms with van der Waals surface area (Å²) in [5.74, 6) is -0.0907. The van der Waals surface area contributed by atoms with Crippen LogP contribution in [0.1, 0.15) is 39.0 Å². The number of carbonyl (C=O) groups excluding carboxylic acids is 2. The number of rotatable bonds is 6. The summed E-state index contributed by atoms with van der Waals surface area (Å²) in [6.45, 7) is 2.78. The van der Waals surface area contributed by atoms with Crippen molar-refractivity contribution in [2.75, 3.05) is 16.8 Å². The summed E-state index contributed by atoms with van der Waals surface area (Å²) in [5, 5.41) is 12.3. The van der Waals surface area contributed by atoms with Crippen LogP contribution in [0.3, 0.4) is 0 Å². The lowest BCUT2D eigenvalue weighted by molar-refractivity contribution is -0.133. The number of nitrogens with one attached hydrogen (secondary N) is 1. The summed E-state index contributed by atoms with van der Waals surface area (Å²) >= 11 is 0. The van der Waals surface area contributed by atoms with Crippen molar-refractivity contribution in [2.24, 2.45) is 5.10 Å². The Morgan fingerprint density at radius 1 is 1.38 bits per heavy atom. The first-order valence-electron chi connectivity index (χ1n) is 8.83. The maximum Gasteiger partial charge on any atom is 0.273 e. The molecule has 1 aromatic heterocycles. The van der Waals surface area contributed by atoms with E-state index < -0.39 is 15.9 Å². The molecule has 9 nitrogen and oxygen atoms in total. The predicted molar refractivity (Wildman–Crippen MR) is 96.3 cm³/mol. The molecule has 3 rings (SSSR count). The summed E-state index contributed by atoms with van der Waals surface area (Å²) in [4.78, 5) is 24.7. The summed E-state index contributed by atoms with van der Waals surface area (Å²) < 4.78 is 25.1. The van der Waals surface area contributed by atoms with Gasteiger partial charge in [0.15, 0.2) is 9.84 Å². The third-order valence-electron chi connectivity index (χ3n) is 4.56. The van der Waals surface area contributed by atoms with Gasteiger partial charge in [-0.1, -0.05) is 13.3 Å². The molecule has 26 heavy (non-hydrogen) atoms. The monoisotopic (exact) mass is 381 g/mol. The van der Waals surface area contributed by atoms with Crippen LogP contribution in [-0.4, -0.2) is 58.3 Å². The van der Waals surface area contributed by atoms with E-state index in [1.165, 1.54) is 5.01 Å². The van der Waals surface area contributed by atoms with E-state index in [0.717, 1.165) is 12.8 Å². The topological polar surface area (TPSA) is 114 Å². The van der Waals surface area contributed by atoms with Gasteiger partial charge in [-0.25, -0.2) is 18.1 Å². The zero-order chi connectivity index (χ0) is 18.7. The van der Waals surface area contributed by atoms with Gasteiger partial charge in [-0.05, 0) is 12.8 Å². The molecule has 1 aromatic rings. The van der Waals surface area contributed by atoms with Gasteiger partial charge in [-0.2, -0.15) is 10.2 Å². The van der Waals surface area contributed by atoms with Crippen LogP contribution in [0.2, 0.25) is 0 Å². The highest BCUT2D eigenvalue weighted by molar-refractivity contribution is 7.91. The van der Waals surface area contributed by atoms with Gasteiger partial charge >= 0.3 is 0 Å². The number of anilines is 1. The summed E-state index contributed by atoms with van der Waals surface area (Å²) in [5.41, 5.74) is 0.233. The lowest BCUT2D eigenvalue weighted by Gasteiger charge is -2.27. The molecule has 0 aromatic carbocycles. The standard InChI is InChI=1S/C16H23N5O4S/c1-2-3-9-20-14(6-8-17-20)18-16(23)13-4-5-15(22)21(19-13)12-7-10-26(24,25)11-12/h6,8,12H,2-5,7,9-11H2,1H3,(H,18,23). The Labute approximate surface area is 152 Å². The van der Waals surface area contributed by atoms with Crippen LogP contribution in [0, 0.1) is 0 Å². The zero-order valence-corrected chi connectivity index (χ0v) is 15.5. The van der Waals surface area contributed by atoms with Crippen LogP contribution < -0.4 is 5.32 Å². The van der Waals surface area contributed by atoms with Gasteiger partial charge in [-0.3, -0.25) is 9.59 Å². The molecule has 3 heterocycles. The molecule has 0 radical (unpaired) electrons. The summed E-state index contributed by atoms with van der Waals surface area (Å²) in [6, 6.07) is 1.23. The quantitative estimate of drug-likeness (QED) is 0.782. The second kappa shape index (κ2) is 7.56. The number of aryl methyl sites for hydroxylation is 1. The van der Waals surface area contributed by atoms with Gasteiger partial charge in [-0.15, -0.1) is 0 Å². The largest absolute Gasteiger partial charge is 0.306 e. The second-order valence-electron chi connectivity index (χ2n) is 6.59. The lowest BCUT2D eigenvalue weighted by Crippen LogP contribution is -2.42. The molecule has 1 unspecified atom stereocenters. The third-order valence-corrected chi connectivity index (χ3v) is 6.31. The molecular formula is C16H23N5O4S. The number of sulfone groups is 1. The maximum absolute atomic E-state index is 12.5. The normalized spacial score (nSPS) is 22.3. The molecule has 142 valence electrons. The van der Waals surface area contributed by atoms with Crippen LogP contribution in [0.25, 0.3) is 0 Å². The van der Waals surface area contributed by atoms with Crippen molar-refractivity contribution in [3.05, 3.63) is 12.3 Å². The lowest BCUT2D eigenvalue weighted by atomic mass is 10.1. The van der Waals surface area contributed by atoms with Crippen molar-refractivity contribution >= 4 is 33.2 Å². The predicted octanol–water partition coefficient (Wildman–Crippen LogP) is 0.787. The Balaban J connectivity index is 1.72. The third kappa shape index (κ3) is 4.12. The van der Waals surface area contributed by atoms with E-state index in [2.05, 4.69) is 22.4 Å². The van der Waals surface area contributed by atoms with Gasteiger partial charge in [0.2, 0.25) is 5.91 Å². The first-order valence-corrected chi connectivity index (χ1v) is 10.6. The molecule has 2 aliphatic rings. The van der Waals surface area contributed by atoms with Crippen molar-refractivity contribution in [3.63, 3.8) is 0 Å². The highest BCUT2D eigenvalue weighted by Gasteiger charge is 2.37. The zero-order valence-electron chi connectivity index (χ0n) is 14.7. The molecule has 0 bridgehead atoms. The number of hydrogen-bond donors (Lipinski definition) is 1. The van der Waals surface area contributed by atoms with E-state index in [4.69, 9.17) is 0 Å². The fraction of sp³-hybridized carbons (Fsp3) is 0.625.